The number of amides is 1. The third-order valence-corrected chi connectivity index (χ3v) is 3.77. The monoisotopic (exact) mass is 323 g/mol. The van der Waals surface area contributed by atoms with E-state index in [2.05, 4.69) is 34.7 Å². The molecular formula is C19H18FN3O. The molecule has 4 nitrogen and oxygen atoms in total. The Morgan fingerprint density at radius 2 is 1.75 bits per heavy atom. The summed E-state index contributed by atoms with van der Waals surface area (Å²) in [5.74, 6) is -0.654. The molecule has 0 unspecified atom stereocenters. The number of rotatable bonds is 4. The van der Waals surface area contributed by atoms with Gasteiger partial charge in [-0.1, -0.05) is 29.8 Å². The van der Waals surface area contributed by atoms with Gasteiger partial charge < -0.3 is 5.32 Å². The summed E-state index contributed by atoms with van der Waals surface area (Å²) in [4.78, 5) is 12.3. The summed E-state index contributed by atoms with van der Waals surface area (Å²) in [6.07, 6.45) is 0. The molecule has 0 atom stereocenters. The van der Waals surface area contributed by atoms with Crippen LogP contribution < -0.4 is 5.32 Å². The van der Waals surface area contributed by atoms with Gasteiger partial charge in [-0.05, 0) is 49.7 Å². The lowest BCUT2D eigenvalue weighted by atomic mass is 10.1. The van der Waals surface area contributed by atoms with Crippen molar-refractivity contribution in [1.29, 1.82) is 0 Å². The Morgan fingerprint density at radius 1 is 1.08 bits per heavy atom. The predicted molar refractivity (Wildman–Crippen MR) is 91.6 cm³/mol. The summed E-state index contributed by atoms with van der Waals surface area (Å²) in [5, 5.41) is 7.09. The van der Waals surface area contributed by atoms with E-state index in [0.29, 0.717) is 17.9 Å². The minimum absolute atomic E-state index is 0.313. The lowest BCUT2D eigenvalue weighted by Gasteiger charge is -2.05. The highest BCUT2D eigenvalue weighted by molar-refractivity contribution is 6.02. The van der Waals surface area contributed by atoms with E-state index in [1.165, 1.54) is 29.8 Å². The van der Waals surface area contributed by atoms with E-state index in [4.69, 9.17) is 0 Å². The number of nitrogens with zero attached hydrogens (tertiary/aromatic N) is 2. The number of anilines is 1. The summed E-state index contributed by atoms with van der Waals surface area (Å²) in [7, 11) is 0. The molecule has 0 aliphatic rings. The van der Waals surface area contributed by atoms with Crippen LogP contribution in [0.15, 0.2) is 54.6 Å². The van der Waals surface area contributed by atoms with E-state index < -0.39 is 0 Å². The van der Waals surface area contributed by atoms with Crippen molar-refractivity contribution in [3.8, 4) is 0 Å². The normalized spacial score (nSPS) is 10.6. The van der Waals surface area contributed by atoms with E-state index >= 15 is 0 Å². The van der Waals surface area contributed by atoms with Crippen molar-refractivity contribution in [2.45, 2.75) is 20.4 Å². The van der Waals surface area contributed by atoms with Crippen molar-refractivity contribution in [2.75, 3.05) is 5.32 Å². The zero-order chi connectivity index (χ0) is 17.1. The van der Waals surface area contributed by atoms with E-state index in [0.717, 1.165) is 11.3 Å². The maximum absolute atomic E-state index is 12.9. The first-order chi connectivity index (χ1) is 11.5. The van der Waals surface area contributed by atoms with Crippen molar-refractivity contribution < 1.29 is 9.18 Å². The minimum atomic E-state index is -0.341. The van der Waals surface area contributed by atoms with Gasteiger partial charge in [0.25, 0.3) is 5.91 Å². The van der Waals surface area contributed by atoms with Gasteiger partial charge in [0.2, 0.25) is 0 Å². The quantitative estimate of drug-likeness (QED) is 0.790. The van der Waals surface area contributed by atoms with Crippen LogP contribution in [0.5, 0.6) is 0 Å². The minimum Gasteiger partial charge on any atom is -0.321 e. The number of nitrogens with one attached hydrogen (secondary N) is 1. The molecule has 0 saturated heterocycles. The summed E-state index contributed by atoms with van der Waals surface area (Å²) in [6, 6.07) is 15.6. The van der Waals surface area contributed by atoms with Crippen LogP contribution >= 0.6 is 0 Å². The molecule has 1 N–H and O–H groups in total. The number of aromatic nitrogens is 2. The predicted octanol–water partition coefficient (Wildman–Crippen LogP) is 3.94. The van der Waals surface area contributed by atoms with Crippen LogP contribution in [0.3, 0.4) is 0 Å². The molecule has 0 radical (unpaired) electrons. The molecule has 0 aliphatic carbocycles. The van der Waals surface area contributed by atoms with E-state index in [1.807, 2.05) is 13.8 Å². The van der Waals surface area contributed by atoms with Crippen LogP contribution in [0.25, 0.3) is 0 Å². The second-order valence-electron chi connectivity index (χ2n) is 5.78. The Balaban J connectivity index is 1.74. The van der Waals surface area contributed by atoms with Crippen LogP contribution in [0.4, 0.5) is 10.1 Å². The lowest BCUT2D eigenvalue weighted by Crippen LogP contribution is -2.13. The fraction of sp³-hybridized carbons (Fsp3) is 0.158. The molecule has 3 aromatic rings. The number of benzene rings is 2. The van der Waals surface area contributed by atoms with E-state index in [1.54, 1.807) is 10.7 Å². The van der Waals surface area contributed by atoms with Crippen molar-refractivity contribution >= 4 is 11.6 Å². The fourth-order valence-corrected chi connectivity index (χ4v) is 2.38. The number of aryl methyl sites for hydroxylation is 2. The highest BCUT2D eigenvalue weighted by Gasteiger charge is 2.13. The van der Waals surface area contributed by atoms with Crippen molar-refractivity contribution in [2.24, 2.45) is 0 Å². The molecule has 1 heterocycles. The average Bonchev–Trinajstić information content (AvgIpc) is 2.93. The number of halogens is 1. The average molecular weight is 323 g/mol. The maximum atomic E-state index is 12.9. The molecule has 0 spiro atoms. The van der Waals surface area contributed by atoms with Gasteiger partial charge in [-0.2, -0.15) is 5.10 Å². The molecule has 122 valence electrons. The molecule has 0 aliphatic heterocycles. The molecule has 3 rings (SSSR count). The topological polar surface area (TPSA) is 46.9 Å². The summed E-state index contributed by atoms with van der Waals surface area (Å²) in [5.41, 5.74) is 4.10. The van der Waals surface area contributed by atoms with Crippen molar-refractivity contribution in [3.05, 3.63) is 82.9 Å². The van der Waals surface area contributed by atoms with Gasteiger partial charge in [-0.15, -0.1) is 0 Å². The van der Waals surface area contributed by atoms with Crippen LogP contribution in [-0.2, 0) is 6.54 Å². The van der Waals surface area contributed by atoms with Crippen LogP contribution in [0, 0.1) is 19.7 Å². The Hall–Kier alpha value is -2.95. The lowest BCUT2D eigenvalue weighted by molar-refractivity contribution is 0.102. The molecule has 1 aromatic heterocycles. The van der Waals surface area contributed by atoms with Gasteiger partial charge in [0.15, 0.2) is 5.69 Å². The molecule has 2 aromatic carbocycles. The third-order valence-electron chi connectivity index (χ3n) is 3.77. The first-order valence-corrected chi connectivity index (χ1v) is 7.68. The van der Waals surface area contributed by atoms with Gasteiger partial charge in [0, 0.05) is 11.4 Å². The summed E-state index contributed by atoms with van der Waals surface area (Å²) in [6.45, 7) is 4.56. The third kappa shape index (κ3) is 3.68. The number of carbonyl (C=O) groups is 1. The first-order valence-electron chi connectivity index (χ1n) is 7.68. The smallest absolute Gasteiger partial charge is 0.276 e. The van der Waals surface area contributed by atoms with Gasteiger partial charge in [-0.25, -0.2) is 4.39 Å². The Labute approximate surface area is 139 Å². The summed E-state index contributed by atoms with van der Waals surface area (Å²) < 4.78 is 14.7. The van der Waals surface area contributed by atoms with Crippen LogP contribution in [-0.4, -0.2) is 15.7 Å². The molecule has 24 heavy (non-hydrogen) atoms. The van der Waals surface area contributed by atoms with Gasteiger partial charge >= 0.3 is 0 Å². The second kappa shape index (κ2) is 6.66. The van der Waals surface area contributed by atoms with Crippen molar-refractivity contribution in [1.82, 2.24) is 9.78 Å². The largest absolute Gasteiger partial charge is 0.321 e. The Morgan fingerprint density at radius 3 is 2.42 bits per heavy atom. The van der Waals surface area contributed by atoms with Crippen molar-refractivity contribution in [3.63, 3.8) is 0 Å². The molecular weight excluding hydrogens is 305 g/mol. The zero-order valence-corrected chi connectivity index (χ0v) is 13.6. The molecule has 0 bridgehead atoms. The molecule has 0 saturated carbocycles. The molecule has 1 amide bonds. The van der Waals surface area contributed by atoms with Crippen LogP contribution in [0.1, 0.15) is 27.3 Å². The second-order valence-corrected chi connectivity index (χ2v) is 5.78. The van der Waals surface area contributed by atoms with Crippen LogP contribution in [0.2, 0.25) is 0 Å². The highest BCUT2D eigenvalue weighted by atomic mass is 19.1. The summed E-state index contributed by atoms with van der Waals surface area (Å²) >= 11 is 0. The first kappa shape index (κ1) is 15.9. The number of hydrogen-bond donors (Lipinski definition) is 1. The zero-order valence-electron chi connectivity index (χ0n) is 13.6. The number of carbonyl (C=O) groups excluding carboxylic acids is 1. The Bertz CT molecular complexity index is 851. The number of hydrogen-bond acceptors (Lipinski definition) is 2. The highest BCUT2D eigenvalue weighted by Crippen LogP contribution is 2.12. The van der Waals surface area contributed by atoms with E-state index in [9.17, 15) is 9.18 Å². The van der Waals surface area contributed by atoms with Gasteiger partial charge in [0.1, 0.15) is 5.82 Å². The maximum Gasteiger partial charge on any atom is 0.276 e. The molecule has 5 heteroatoms. The molecule has 0 fully saturated rings. The SMILES string of the molecule is Cc1ccc(Cn2nc(C(=O)Nc3ccc(F)cc3)cc2C)cc1. The standard InChI is InChI=1S/C19H18FN3O/c1-13-3-5-15(6-4-13)12-23-14(2)11-18(22-23)19(24)21-17-9-7-16(20)8-10-17/h3-11H,12H2,1-2H3,(H,21,24). The Kier molecular flexibility index (Phi) is 4.42. The van der Waals surface area contributed by atoms with E-state index in [-0.39, 0.29) is 11.7 Å². The fourth-order valence-electron chi connectivity index (χ4n) is 2.38. The van der Waals surface area contributed by atoms with Gasteiger partial charge in [0.05, 0.1) is 6.54 Å². The van der Waals surface area contributed by atoms with Gasteiger partial charge in [-0.3, -0.25) is 9.48 Å².